The first kappa shape index (κ1) is 18.3. The van der Waals surface area contributed by atoms with Crippen molar-refractivity contribution in [1.29, 1.82) is 0 Å². The molecule has 132 valence electrons. The summed E-state index contributed by atoms with van der Waals surface area (Å²) >= 11 is 4.37. The molecule has 0 amide bonds. The monoisotopic (exact) mass is 371 g/mol. The lowest BCUT2D eigenvalue weighted by molar-refractivity contribution is 0.587. The largest absolute Gasteiger partial charge is 0.206 e. The second-order valence-corrected chi connectivity index (χ2v) is 6.32. The zero-order chi connectivity index (χ0) is 18.7. The van der Waals surface area contributed by atoms with Gasteiger partial charge in [0.05, 0.1) is 5.16 Å². The van der Waals surface area contributed by atoms with Crippen LogP contribution < -0.4 is 0 Å². The number of thiocarbonyl (C=S) groups is 1. The zero-order valence-corrected chi connectivity index (χ0v) is 15.0. The molecule has 2 aromatic rings. The van der Waals surface area contributed by atoms with Crippen molar-refractivity contribution < 1.29 is 13.2 Å². The van der Waals surface area contributed by atoms with Gasteiger partial charge in [0.1, 0.15) is 11.5 Å². The lowest BCUT2D eigenvalue weighted by atomic mass is 10.0. The van der Waals surface area contributed by atoms with E-state index in [-0.39, 0.29) is 11.4 Å². The Kier molecular flexibility index (Phi) is 5.50. The van der Waals surface area contributed by atoms with Crippen molar-refractivity contribution in [3.8, 4) is 0 Å². The molecule has 0 bridgehead atoms. The Hall–Kier alpha value is -2.49. The van der Waals surface area contributed by atoms with Crippen LogP contribution in [0.15, 0.2) is 34.8 Å². The highest BCUT2D eigenvalue weighted by atomic mass is 32.1. The molecular formula is C21H16F3NS. The van der Waals surface area contributed by atoms with Crippen LogP contribution in [0.3, 0.4) is 0 Å². The summed E-state index contributed by atoms with van der Waals surface area (Å²) in [5.74, 6) is -2.00. The Bertz CT molecular complexity index is 946. The molecule has 1 aliphatic carbocycles. The van der Waals surface area contributed by atoms with E-state index in [9.17, 15) is 13.2 Å². The van der Waals surface area contributed by atoms with Crippen LogP contribution in [0.4, 0.5) is 18.9 Å². The number of isothiocyanates is 1. The molecule has 0 spiro atoms. The number of halogens is 3. The molecule has 0 aromatic heterocycles. The van der Waals surface area contributed by atoms with Crippen LogP contribution in [-0.2, 0) is 6.42 Å². The van der Waals surface area contributed by atoms with E-state index in [0.717, 1.165) is 37.0 Å². The van der Waals surface area contributed by atoms with Crippen LogP contribution in [-0.4, -0.2) is 5.16 Å². The van der Waals surface area contributed by atoms with Gasteiger partial charge in [-0.2, -0.15) is 4.99 Å². The first-order chi connectivity index (χ1) is 12.5. The van der Waals surface area contributed by atoms with Crippen LogP contribution in [0.2, 0.25) is 0 Å². The van der Waals surface area contributed by atoms with Crippen molar-refractivity contribution in [2.45, 2.75) is 26.2 Å². The molecule has 0 N–H and O–H groups in total. The number of aliphatic imine (C=N–C) groups is 1. The molecule has 26 heavy (non-hydrogen) atoms. The minimum Gasteiger partial charge on any atom is -0.206 e. The van der Waals surface area contributed by atoms with Gasteiger partial charge in [-0.05, 0) is 48.3 Å². The normalized spacial score (nSPS) is 12.8. The summed E-state index contributed by atoms with van der Waals surface area (Å²) in [5.41, 5.74) is 2.97. The first-order valence-electron chi connectivity index (χ1n) is 8.29. The van der Waals surface area contributed by atoms with Crippen LogP contribution in [0, 0.1) is 17.5 Å². The van der Waals surface area contributed by atoms with Gasteiger partial charge in [0.15, 0.2) is 11.6 Å². The fraction of sp³-hybridized carbons (Fsp3) is 0.190. The van der Waals surface area contributed by atoms with Crippen LogP contribution in [0.5, 0.6) is 0 Å². The molecule has 0 atom stereocenters. The highest BCUT2D eigenvalue weighted by Crippen LogP contribution is 2.32. The number of nitrogens with zero attached hydrogens (tertiary/aromatic N) is 1. The molecule has 0 fully saturated rings. The van der Waals surface area contributed by atoms with Gasteiger partial charge in [0.2, 0.25) is 0 Å². The Morgan fingerprint density at radius 3 is 2.54 bits per heavy atom. The van der Waals surface area contributed by atoms with Crippen molar-refractivity contribution in [1.82, 2.24) is 0 Å². The van der Waals surface area contributed by atoms with Crippen molar-refractivity contribution in [3.05, 3.63) is 69.5 Å². The minimum absolute atomic E-state index is 0.269. The molecule has 0 aliphatic heterocycles. The van der Waals surface area contributed by atoms with Gasteiger partial charge in [-0.1, -0.05) is 49.3 Å². The number of hydrogen-bond donors (Lipinski definition) is 0. The van der Waals surface area contributed by atoms with Gasteiger partial charge in [-0.15, -0.1) is 0 Å². The fourth-order valence-corrected chi connectivity index (χ4v) is 3.18. The number of benzene rings is 2. The molecule has 3 rings (SSSR count). The van der Waals surface area contributed by atoms with Crippen LogP contribution in [0.1, 0.15) is 42.0 Å². The van der Waals surface area contributed by atoms with Crippen LogP contribution >= 0.6 is 12.2 Å². The average molecular weight is 371 g/mol. The molecule has 0 saturated carbocycles. The third kappa shape index (κ3) is 3.69. The van der Waals surface area contributed by atoms with Crippen molar-refractivity contribution >= 4 is 41.3 Å². The maximum Gasteiger partial charge on any atom is 0.153 e. The van der Waals surface area contributed by atoms with Gasteiger partial charge in [0, 0.05) is 11.1 Å². The molecule has 0 saturated heterocycles. The quantitative estimate of drug-likeness (QED) is 0.322. The SMILES string of the molecule is CCCC1=Cc2c(ccc(/C=C/c3cc(F)c(N=C=S)c(F)c3)c2F)C1. The zero-order valence-electron chi connectivity index (χ0n) is 14.2. The lowest BCUT2D eigenvalue weighted by Crippen LogP contribution is -1.91. The molecule has 1 nitrogen and oxygen atoms in total. The van der Waals surface area contributed by atoms with Gasteiger partial charge >= 0.3 is 0 Å². The fourth-order valence-electron chi connectivity index (χ4n) is 3.09. The maximum absolute atomic E-state index is 14.7. The van der Waals surface area contributed by atoms with E-state index in [0.29, 0.717) is 11.1 Å². The summed E-state index contributed by atoms with van der Waals surface area (Å²) in [6.07, 6.45) is 7.64. The summed E-state index contributed by atoms with van der Waals surface area (Å²) < 4.78 is 42.5. The molecule has 2 aromatic carbocycles. The third-order valence-electron chi connectivity index (χ3n) is 4.29. The number of rotatable bonds is 5. The Morgan fingerprint density at radius 1 is 1.15 bits per heavy atom. The Morgan fingerprint density at radius 2 is 1.88 bits per heavy atom. The topological polar surface area (TPSA) is 12.4 Å². The minimum atomic E-state index is -0.844. The van der Waals surface area contributed by atoms with E-state index in [2.05, 4.69) is 24.1 Å². The smallest absolute Gasteiger partial charge is 0.153 e. The predicted octanol–water partition coefficient (Wildman–Crippen LogP) is 6.75. The second-order valence-electron chi connectivity index (χ2n) is 6.14. The summed E-state index contributed by atoms with van der Waals surface area (Å²) in [7, 11) is 0. The third-order valence-corrected chi connectivity index (χ3v) is 4.38. The van der Waals surface area contributed by atoms with Gasteiger partial charge < -0.3 is 0 Å². The standard InChI is InChI=1S/C21H16F3NS/c1-2-3-13-8-16-7-6-15(20(24)17(16)9-13)5-4-14-10-18(22)21(25-12-26)19(23)11-14/h4-7,9-11H,2-3,8H2,1H3/b5-4+. The van der Waals surface area contributed by atoms with Crippen LogP contribution in [0.25, 0.3) is 18.2 Å². The molecule has 0 radical (unpaired) electrons. The average Bonchev–Trinajstić information content (AvgIpc) is 3.01. The molecule has 0 heterocycles. The highest BCUT2D eigenvalue weighted by Gasteiger charge is 2.17. The molecule has 5 heteroatoms. The lowest BCUT2D eigenvalue weighted by Gasteiger charge is -2.04. The van der Waals surface area contributed by atoms with E-state index in [4.69, 9.17) is 0 Å². The van der Waals surface area contributed by atoms with E-state index in [1.165, 1.54) is 17.7 Å². The summed E-state index contributed by atoms with van der Waals surface area (Å²) in [6.45, 7) is 2.09. The molecule has 1 aliphatic rings. The Balaban J connectivity index is 1.91. The number of fused-ring (bicyclic) bond motifs is 1. The predicted molar refractivity (Wildman–Crippen MR) is 103 cm³/mol. The number of hydrogen-bond acceptors (Lipinski definition) is 2. The first-order valence-corrected chi connectivity index (χ1v) is 8.70. The van der Waals surface area contributed by atoms with Crippen molar-refractivity contribution in [2.75, 3.05) is 0 Å². The summed E-state index contributed by atoms with van der Waals surface area (Å²) in [6, 6.07) is 5.83. The molecule has 0 unspecified atom stereocenters. The highest BCUT2D eigenvalue weighted by molar-refractivity contribution is 7.78. The van der Waals surface area contributed by atoms with Crippen molar-refractivity contribution in [3.63, 3.8) is 0 Å². The van der Waals surface area contributed by atoms with E-state index < -0.39 is 17.3 Å². The summed E-state index contributed by atoms with van der Waals surface area (Å²) in [5, 5.41) is 1.94. The van der Waals surface area contributed by atoms with Crippen molar-refractivity contribution in [2.24, 2.45) is 4.99 Å². The van der Waals surface area contributed by atoms with E-state index in [1.807, 2.05) is 17.3 Å². The van der Waals surface area contributed by atoms with Gasteiger partial charge in [-0.25, -0.2) is 13.2 Å². The second kappa shape index (κ2) is 7.81. The van der Waals surface area contributed by atoms with E-state index in [1.54, 1.807) is 6.07 Å². The maximum atomic E-state index is 14.7. The Labute approximate surface area is 155 Å². The molecular weight excluding hydrogens is 355 g/mol. The summed E-state index contributed by atoms with van der Waals surface area (Å²) in [4.78, 5) is 3.36. The van der Waals surface area contributed by atoms with Gasteiger partial charge in [-0.3, -0.25) is 0 Å². The number of allylic oxidation sites excluding steroid dienone is 1. The van der Waals surface area contributed by atoms with E-state index >= 15 is 0 Å². The van der Waals surface area contributed by atoms with Gasteiger partial charge in [0.25, 0.3) is 0 Å².